The first kappa shape index (κ1) is 24.5. The van der Waals surface area contributed by atoms with Gasteiger partial charge in [-0.25, -0.2) is 0 Å². The lowest BCUT2D eigenvalue weighted by Crippen LogP contribution is -2.49. The van der Waals surface area contributed by atoms with Crippen molar-refractivity contribution in [1.29, 1.82) is 0 Å². The lowest BCUT2D eigenvalue weighted by molar-refractivity contribution is -0.114. The summed E-state index contributed by atoms with van der Waals surface area (Å²) in [5.41, 5.74) is 5.98. The standard InChI is InChI=1S/C29H28ClN3O2S/c1-19-7-8-20(2)24(15-19)32-11-13-33(14-12-32)28(34)22-9-10-26-25(18-22)31(3)29(35)27(36-26)17-21-5-4-6-23(30)16-21/h4-10,15-18H,11-14H2,1-3H3/b27-17+. The Balaban J connectivity index is 1.31. The maximum absolute atomic E-state index is 13.3. The molecule has 0 aromatic heterocycles. The van der Waals surface area contributed by atoms with Crippen LogP contribution in [-0.4, -0.2) is 49.9 Å². The Kier molecular flexibility index (Phi) is 6.82. The molecule has 184 valence electrons. The van der Waals surface area contributed by atoms with E-state index >= 15 is 0 Å². The molecule has 1 saturated heterocycles. The van der Waals surface area contributed by atoms with Gasteiger partial charge in [-0.2, -0.15) is 0 Å². The van der Waals surface area contributed by atoms with E-state index in [-0.39, 0.29) is 11.8 Å². The molecule has 5 rings (SSSR count). The monoisotopic (exact) mass is 517 g/mol. The first-order chi connectivity index (χ1) is 17.3. The Hall–Kier alpha value is -3.22. The van der Waals surface area contributed by atoms with Crippen LogP contribution in [0, 0.1) is 13.8 Å². The molecule has 2 heterocycles. The quantitative estimate of drug-likeness (QED) is 0.398. The van der Waals surface area contributed by atoms with Crippen LogP contribution in [0.5, 0.6) is 0 Å². The first-order valence-corrected chi connectivity index (χ1v) is 13.2. The van der Waals surface area contributed by atoms with Gasteiger partial charge in [0.25, 0.3) is 11.8 Å². The number of piperazine rings is 1. The van der Waals surface area contributed by atoms with Gasteiger partial charge in [-0.3, -0.25) is 9.59 Å². The third-order valence-corrected chi connectivity index (χ3v) is 8.03. The van der Waals surface area contributed by atoms with Crippen LogP contribution in [0.3, 0.4) is 0 Å². The van der Waals surface area contributed by atoms with Gasteiger partial charge < -0.3 is 14.7 Å². The number of hydrogen-bond acceptors (Lipinski definition) is 4. The summed E-state index contributed by atoms with van der Waals surface area (Å²) in [5, 5.41) is 0.629. The molecule has 2 aliphatic rings. The topological polar surface area (TPSA) is 43.9 Å². The van der Waals surface area contributed by atoms with E-state index in [1.165, 1.54) is 28.6 Å². The Morgan fingerprint density at radius 2 is 1.72 bits per heavy atom. The molecule has 0 N–H and O–H groups in total. The Morgan fingerprint density at radius 1 is 0.944 bits per heavy atom. The average Bonchev–Trinajstić information content (AvgIpc) is 2.88. The summed E-state index contributed by atoms with van der Waals surface area (Å²) < 4.78 is 0. The fourth-order valence-corrected chi connectivity index (χ4v) is 5.96. The molecule has 0 aliphatic carbocycles. The number of carbonyl (C=O) groups excluding carboxylic acids is 2. The number of thioether (sulfide) groups is 1. The van der Waals surface area contributed by atoms with Crippen molar-refractivity contribution in [1.82, 2.24) is 4.90 Å². The van der Waals surface area contributed by atoms with Crippen molar-refractivity contribution in [2.45, 2.75) is 18.7 Å². The van der Waals surface area contributed by atoms with Crippen molar-refractivity contribution in [3.05, 3.63) is 92.8 Å². The van der Waals surface area contributed by atoms with Crippen molar-refractivity contribution in [3.8, 4) is 0 Å². The largest absolute Gasteiger partial charge is 0.368 e. The molecule has 0 saturated carbocycles. The highest BCUT2D eigenvalue weighted by Gasteiger charge is 2.29. The second-order valence-corrected chi connectivity index (χ2v) is 10.8. The minimum absolute atomic E-state index is 0.00419. The zero-order valence-corrected chi connectivity index (χ0v) is 22.2. The van der Waals surface area contributed by atoms with Gasteiger partial charge in [0, 0.05) is 54.4 Å². The van der Waals surface area contributed by atoms with Gasteiger partial charge in [0.2, 0.25) is 0 Å². The predicted octanol–water partition coefficient (Wildman–Crippen LogP) is 6.03. The number of likely N-dealkylation sites (N-methyl/N-ethyl adjacent to an activating group) is 1. The van der Waals surface area contributed by atoms with E-state index in [1.54, 1.807) is 11.9 Å². The summed E-state index contributed by atoms with van der Waals surface area (Å²) in [6.45, 7) is 7.16. The number of amides is 2. The molecule has 2 amide bonds. The Morgan fingerprint density at radius 3 is 2.47 bits per heavy atom. The molecule has 0 spiro atoms. The molecule has 7 heteroatoms. The first-order valence-electron chi connectivity index (χ1n) is 12.0. The molecule has 36 heavy (non-hydrogen) atoms. The smallest absolute Gasteiger partial charge is 0.264 e. The zero-order valence-electron chi connectivity index (χ0n) is 20.6. The van der Waals surface area contributed by atoms with Crippen LogP contribution < -0.4 is 9.80 Å². The summed E-state index contributed by atoms with van der Waals surface area (Å²) in [6.07, 6.45) is 1.85. The maximum Gasteiger partial charge on any atom is 0.264 e. The van der Waals surface area contributed by atoms with Gasteiger partial charge in [-0.15, -0.1) is 0 Å². The van der Waals surface area contributed by atoms with Crippen molar-refractivity contribution in [2.24, 2.45) is 0 Å². The summed E-state index contributed by atoms with van der Waals surface area (Å²) in [7, 11) is 1.75. The maximum atomic E-state index is 13.3. The fraction of sp³-hybridized carbons (Fsp3) is 0.241. The molecule has 3 aromatic carbocycles. The van der Waals surface area contributed by atoms with Gasteiger partial charge in [0.15, 0.2) is 0 Å². The summed E-state index contributed by atoms with van der Waals surface area (Å²) in [4.78, 5) is 33.9. The van der Waals surface area contributed by atoms with Crippen LogP contribution in [0.4, 0.5) is 11.4 Å². The SMILES string of the molecule is Cc1ccc(C)c(N2CCN(C(=O)c3ccc4c(c3)N(C)C(=O)/C(=C\c3cccc(Cl)c3)S4)CC2)c1. The third-order valence-electron chi connectivity index (χ3n) is 6.72. The van der Waals surface area contributed by atoms with Gasteiger partial charge in [-0.1, -0.05) is 47.6 Å². The molecule has 5 nitrogen and oxygen atoms in total. The van der Waals surface area contributed by atoms with Crippen LogP contribution in [0.1, 0.15) is 27.0 Å². The predicted molar refractivity (Wildman–Crippen MR) is 149 cm³/mol. The molecule has 1 fully saturated rings. The van der Waals surface area contributed by atoms with E-state index in [1.807, 2.05) is 53.4 Å². The number of anilines is 2. The minimum atomic E-state index is -0.0980. The van der Waals surface area contributed by atoms with E-state index in [9.17, 15) is 9.59 Å². The van der Waals surface area contributed by atoms with Crippen molar-refractivity contribution < 1.29 is 9.59 Å². The van der Waals surface area contributed by atoms with E-state index in [2.05, 4.69) is 36.9 Å². The summed E-state index contributed by atoms with van der Waals surface area (Å²) in [6, 6.07) is 19.6. The second kappa shape index (κ2) is 10.0. The molecule has 2 aliphatic heterocycles. The number of hydrogen-bond donors (Lipinski definition) is 0. The second-order valence-electron chi connectivity index (χ2n) is 9.28. The van der Waals surface area contributed by atoms with Crippen LogP contribution >= 0.6 is 23.4 Å². The molecular formula is C29H28ClN3O2S. The number of nitrogens with zero attached hydrogens (tertiary/aromatic N) is 3. The number of aryl methyl sites for hydroxylation is 2. The van der Waals surface area contributed by atoms with Crippen LogP contribution in [-0.2, 0) is 4.79 Å². The van der Waals surface area contributed by atoms with Crippen molar-refractivity contribution in [3.63, 3.8) is 0 Å². The average molecular weight is 518 g/mol. The molecule has 0 atom stereocenters. The lowest BCUT2D eigenvalue weighted by Gasteiger charge is -2.37. The number of benzene rings is 3. The van der Waals surface area contributed by atoms with Crippen molar-refractivity contribution in [2.75, 3.05) is 43.0 Å². The third kappa shape index (κ3) is 4.88. The van der Waals surface area contributed by atoms with E-state index in [0.29, 0.717) is 28.6 Å². The molecule has 0 unspecified atom stereocenters. The molecular weight excluding hydrogens is 490 g/mol. The number of rotatable bonds is 3. The molecule has 0 bridgehead atoms. The number of fused-ring (bicyclic) bond motifs is 1. The zero-order chi connectivity index (χ0) is 25.4. The Labute approximate surface area is 221 Å². The lowest BCUT2D eigenvalue weighted by atomic mass is 10.1. The molecule has 3 aromatic rings. The highest BCUT2D eigenvalue weighted by Crippen LogP contribution is 2.42. The minimum Gasteiger partial charge on any atom is -0.368 e. The highest BCUT2D eigenvalue weighted by molar-refractivity contribution is 8.04. The Bertz CT molecular complexity index is 1380. The summed E-state index contributed by atoms with van der Waals surface area (Å²) in [5.74, 6) is -0.0938. The normalized spacial score (nSPS) is 16.9. The highest BCUT2D eigenvalue weighted by atomic mass is 35.5. The number of halogens is 1. The van der Waals surface area contributed by atoms with Gasteiger partial charge in [0.05, 0.1) is 10.6 Å². The van der Waals surface area contributed by atoms with Crippen molar-refractivity contribution >= 4 is 52.6 Å². The van der Waals surface area contributed by atoms with Crippen LogP contribution in [0.25, 0.3) is 6.08 Å². The molecule has 0 radical (unpaired) electrons. The van der Waals surface area contributed by atoms with E-state index in [4.69, 9.17) is 11.6 Å². The summed E-state index contributed by atoms with van der Waals surface area (Å²) >= 11 is 7.52. The van der Waals surface area contributed by atoms with Gasteiger partial charge in [0.1, 0.15) is 0 Å². The van der Waals surface area contributed by atoms with Gasteiger partial charge >= 0.3 is 0 Å². The number of carbonyl (C=O) groups is 2. The van der Waals surface area contributed by atoms with Crippen LogP contribution in [0.2, 0.25) is 5.02 Å². The van der Waals surface area contributed by atoms with E-state index < -0.39 is 0 Å². The van der Waals surface area contributed by atoms with E-state index in [0.717, 1.165) is 29.2 Å². The van der Waals surface area contributed by atoms with Gasteiger partial charge in [-0.05, 0) is 73.0 Å². The fourth-order valence-electron chi connectivity index (χ4n) is 4.67. The van der Waals surface area contributed by atoms with Crippen LogP contribution in [0.15, 0.2) is 70.5 Å².